The van der Waals surface area contributed by atoms with Crippen LogP contribution in [0.25, 0.3) is 0 Å². The number of fused-ring (bicyclic) bond motifs is 5. The molecule has 5 aliphatic rings. The van der Waals surface area contributed by atoms with Crippen molar-refractivity contribution in [2.45, 2.75) is 78.2 Å². The number of hydrogen-bond donors (Lipinski definition) is 1. The van der Waals surface area contributed by atoms with Crippen LogP contribution in [0.5, 0.6) is 0 Å². The summed E-state index contributed by atoms with van der Waals surface area (Å²) in [6.07, 6.45) is 8.55. The van der Waals surface area contributed by atoms with E-state index in [0.717, 1.165) is 58.0 Å². The van der Waals surface area contributed by atoms with Crippen molar-refractivity contribution in [3.8, 4) is 0 Å². The molecular weight excluding hydrogens is 390 g/mol. The smallest absolute Gasteiger partial charge is 0.141 e. The van der Waals surface area contributed by atoms with Crippen molar-refractivity contribution in [3.05, 3.63) is 0 Å². The molecule has 8 atom stereocenters. The first-order valence-electron chi connectivity index (χ1n) is 12.4. The fourth-order valence-electron chi connectivity index (χ4n) is 8.16. The monoisotopic (exact) mass is 429 g/mol. The Morgan fingerprint density at radius 1 is 1.10 bits per heavy atom. The first kappa shape index (κ1) is 21.4. The molecule has 172 valence electrons. The molecular formula is C25H39N3O3. The van der Waals surface area contributed by atoms with Gasteiger partial charge in [-0.2, -0.15) is 0 Å². The Kier molecular flexibility index (Phi) is 5.43. The van der Waals surface area contributed by atoms with Crippen LogP contribution in [0.4, 0.5) is 0 Å². The molecule has 6 unspecified atom stereocenters. The number of rotatable bonds is 3. The zero-order chi connectivity index (χ0) is 21.8. The second-order valence-electron chi connectivity index (χ2n) is 11.4. The molecule has 1 saturated heterocycles. The van der Waals surface area contributed by atoms with E-state index in [-0.39, 0.29) is 22.9 Å². The molecule has 4 saturated carbocycles. The molecule has 0 bridgehead atoms. The summed E-state index contributed by atoms with van der Waals surface area (Å²) >= 11 is 0. The normalized spacial score (nSPS) is 49.6. The van der Waals surface area contributed by atoms with Gasteiger partial charge in [0.2, 0.25) is 0 Å². The molecule has 1 heterocycles. The van der Waals surface area contributed by atoms with Crippen LogP contribution in [0.15, 0.2) is 10.3 Å². The molecule has 0 aromatic carbocycles. The van der Waals surface area contributed by atoms with E-state index in [0.29, 0.717) is 29.5 Å². The molecule has 0 aromatic rings. The molecule has 1 N–H and O–H groups in total. The van der Waals surface area contributed by atoms with E-state index < -0.39 is 0 Å². The number of Topliss-reactive ketones (excluding diaryl/α,β-unsaturated/α-hetero) is 1. The van der Waals surface area contributed by atoms with Crippen molar-refractivity contribution in [2.75, 3.05) is 20.2 Å². The third-order valence-corrected chi connectivity index (χ3v) is 9.88. The van der Waals surface area contributed by atoms with Crippen molar-refractivity contribution >= 4 is 17.2 Å². The summed E-state index contributed by atoms with van der Waals surface area (Å²) in [6, 6.07) is 0. The Labute approximate surface area is 186 Å². The van der Waals surface area contributed by atoms with E-state index in [1.165, 1.54) is 17.8 Å². The van der Waals surface area contributed by atoms with Gasteiger partial charge in [0.1, 0.15) is 19.0 Å². The molecule has 1 aliphatic heterocycles. The number of carbonyl (C=O) groups excluding carboxylic acids is 1. The van der Waals surface area contributed by atoms with E-state index in [1.54, 1.807) is 7.11 Å². The van der Waals surface area contributed by atoms with Crippen LogP contribution in [0.1, 0.15) is 72.1 Å². The topological polar surface area (TPSA) is 72.3 Å². The lowest BCUT2D eigenvalue weighted by atomic mass is 9.45. The summed E-state index contributed by atoms with van der Waals surface area (Å²) < 4.78 is 0. The quantitative estimate of drug-likeness (QED) is 0.683. The highest BCUT2D eigenvalue weighted by molar-refractivity contribution is 5.96. The molecule has 6 nitrogen and oxygen atoms in total. The summed E-state index contributed by atoms with van der Waals surface area (Å²) in [6.45, 7) is 8.80. The first-order chi connectivity index (χ1) is 14.9. The summed E-state index contributed by atoms with van der Waals surface area (Å²) in [5.41, 5.74) is 2.44. The maximum Gasteiger partial charge on any atom is 0.141 e. The number of nitrogens with one attached hydrogen (secondary N) is 1. The third kappa shape index (κ3) is 3.35. The van der Waals surface area contributed by atoms with Gasteiger partial charge >= 0.3 is 0 Å². The molecule has 5 rings (SSSR count). The van der Waals surface area contributed by atoms with Gasteiger partial charge in [-0.1, -0.05) is 31.1 Å². The number of ketones is 1. The Hall–Kier alpha value is -1.43. The van der Waals surface area contributed by atoms with Crippen LogP contribution < -0.4 is 5.32 Å². The Morgan fingerprint density at radius 3 is 2.68 bits per heavy atom. The SMILES string of the molecule is CO/N=C1\CC2C(CC[C@]3(C)C(=O)C(C)CC23)[C@@]2(C)CCC(=NOC3CCNC3)CC12. The van der Waals surface area contributed by atoms with Gasteiger partial charge in [0.25, 0.3) is 0 Å². The highest BCUT2D eigenvalue weighted by Gasteiger charge is 2.63. The fourth-order valence-corrected chi connectivity index (χ4v) is 8.16. The van der Waals surface area contributed by atoms with E-state index >= 15 is 0 Å². The Morgan fingerprint density at radius 2 is 1.94 bits per heavy atom. The molecule has 31 heavy (non-hydrogen) atoms. The first-order valence-corrected chi connectivity index (χ1v) is 12.4. The average molecular weight is 430 g/mol. The molecule has 0 aromatic heterocycles. The molecule has 5 fully saturated rings. The number of carbonyl (C=O) groups is 1. The van der Waals surface area contributed by atoms with Gasteiger partial charge in [-0.25, -0.2) is 0 Å². The highest BCUT2D eigenvalue weighted by atomic mass is 16.6. The van der Waals surface area contributed by atoms with Crippen molar-refractivity contribution in [1.82, 2.24) is 5.32 Å². The lowest BCUT2D eigenvalue weighted by molar-refractivity contribution is -0.135. The summed E-state index contributed by atoms with van der Waals surface area (Å²) in [5.74, 6) is 2.76. The van der Waals surface area contributed by atoms with Crippen molar-refractivity contribution in [1.29, 1.82) is 0 Å². The van der Waals surface area contributed by atoms with Gasteiger partial charge in [0.05, 0.1) is 11.4 Å². The van der Waals surface area contributed by atoms with Crippen molar-refractivity contribution in [2.24, 2.45) is 50.7 Å². The minimum atomic E-state index is -0.133. The van der Waals surface area contributed by atoms with Crippen molar-refractivity contribution < 1.29 is 14.5 Å². The predicted octanol–water partition coefficient (Wildman–Crippen LogP) is 4.19. The van der Waals surface area contributed by atoms with Gasteiger partial charge < -0.3 is 15.0 Å². The third-order valence-electron chi connectivity index (χ3n) is 9.88. The van der Waals surface area contributed by atoms with Gasteiger partial charge in [0.15, 0.2) is 0 Å². The van der Waals surface area contributed by atoms with Gasteiger partial charge in [-0.3, -0.25) is 4.79 Å². The second-order valence-corrected chi connectivity index (χ2v) is 11.4. The minimum Gasteiger partial charge on any atom is -0.399 e. The van der Waals surface area contributed by atoms with E-state index in [2.05, 4.69) is 36.4 Å². The standard InChI is InChI=1S/C25H39N3O3/c1-15-11-20-18-13-22(28-30-4)21-12-16(27-31-17-7-10-26-14-17)5-8-24(21,2)19(18)6-9-25(20,3)23(15)29/h15,17-21,26H,5-14H2,1-4H3/b27-16?,28-22+/t15?,17?,18?,19?,20?,21?,24-,25+/m1/s1. The molecule has 4 aliphatic carbocycles. The maximum absolute atomic E-state index is 13.0. The molecule has 0 amide bonds. The predicted molar refractivity (Wildman–Crippen MR) is 121 cm³/mol. The molecule has 6 heteroatoms. The van der Waals surface area contributed by atoms with Crippen LogP contribution in [-0.2, 0) is 14.5 Å². The van der Waals surface area contributed by atoms with Gasteiger partial charge in [-0.15, -0.1) is 0 Å². The van der Waals surface area contributed by atoms with Crippen LogP contribution in [-0.4, -0.2) is 43.5 Å². The van der Waals surface area contributed by atoms with Crippen LogP contribution in [0.3, 0.4) is 0 Å². The van der Waals surface area contributed by atoms with Crippen molar-refractivity contribution in [3.63, 3.8) is 0 Å². The van der Waals surface area contributed by atoms with Crippen LogP contribution in [0.2, 0.25) is 0 Å². The molecule has 0 radical (unpaired) electrons. The zero-order valence-corrected chi connectivity index (χ0v) is 19.7. The number of hydrogen-bond acceptors (Lipinski definition) is 6. The largest absolute Gasteiger partial charge is 0.399 e. The lowest BCUT2D eigenvalue weighted by Crippen LogP contribution is -2.56. The van der Waals surface area contributed by atoms with Gasteiger partial charge in [0, 0.05) is 30.2 Å². The zero-order valence-electron chi connectivity index (χ0n) is 19.7. The highest BCUT2D eigenvalue weighted by Crippen LogP contribution is 2.65. The summed E-state index contributed by atoms with van der Waals surface area (Å²) in [4.78, 5) is 24.3. The van der Waals surface area contributed by atoms with E-state index in [1.807, 2.05) is 0 Å². The minimum absolute atomic E-state index is 0.133. The average Bonchev–Trinajstić information content (AvgIpc) is 3.35. The molecule has 0 spiro atoms. The fraction of sp³-hybridized carbons (Fsp3) is 0.880. The summed E-state index contributed by atoms with van der Waals surface area (Å²) in [5, 5.41) is 12.5. The van der Waals surface area contributed by atoms with Gasteiger partial charge in [-0.05, 0) is 74.7 Å². The van der Waals surface area contributed by atoms with E-state index in [4.69, 9.17) is 9.68 Å². The maximum atomic E-state index is 13.0. The number of nitrogens with zero attached hydrogens (tertiary/aromatic N) is 2. The Bertz CT molecular complexity index is 789. The Balaban J connectivity index is 1.41. The van der Waals surface area contributed by atoms with E-state index in [9.17, 15) is 4.79 Å². The summed E-state index contributed by atoms with van der Waals surface area (Å²) in [7, 11) is 1.66. The second kappa shape index (κ2) is 7.86. The number of oxime groups is 2. The van der Waals surface area contributed by atoms with Crippen LogP contribution >= 0.6 is 0 Å². The van der Waals surface area contributed by atoms with Crippen LogP contribution in [0, 0.1) is 40.4 Å². The lowest BCUT2D eigenvalue weighted by Gasteiger charge is -2.59.